The van der Waals surface area contributed by atoms with E-state index in [9.17, 15) is 10.1 Å². The lowest BCUT2D eigenvalue weighted by atomic mass is 10.2. The third kappa shape index (κ3) is 3.69. The number of hydrogen-bond donors (Lipinski definition) is 2. The number of non-ortho nitro benzene ring substituents is 1. The van der Waals surface area contributed by atoms with E-state index in [1.807, 2.05) is 24.3 Å². The van der Waals surface area contributed by atoms with Crippen LogP contribution in [-0.4, -0.2) is 4.92 Å². The highest BCUT2D eigenvalue weighted by Crippen LogP contribution is 2.23. The zero-order chi connectivity index (χ0) is 13.8. The number of nitrogen functional groups attached to an aromatic ring is 1. The van der Waals surface area contributed by atoms with E-state index in [2.05, 4.69) is 21.2 Å². The molecule has 0 saturated heterocycles. The Morgan fingerprint density at radius 2 is 1.89 bits per heavy atom. The smallest absolute Gasteiger partial charge is 0.273 e. The molecule has 0 aliphatic carbocycles. The van der Waals surface area contributed by atoms with Gasteiger partial charge in [-0.05, 0) is 23.8 Å². The normalized spacial score (nSPS) is 10.2. The molecule has 0 saturated carbocycles. The van der Waals surface area contributed by atoms with Crippen molar-refractivity contribution in [1.82, 2.24) is 0 Å². The van der Waals surface area contributed by atoms with Gasteiger partial charge in [0.15, 0.2) is 0 Å². The van der Waals surface area contributed by atoms with Crippen molar-refractivity contribution in [2.24, 2.45) is 0 Å². The van der Waals surface area contributed by atoms with Crippen molar-refractivity contribution in [2.75, 3.05) is 11.1 Å². The molecule has 0 aliphatic heterocycles. The zero-order valence-corrected chi connectivity index (χ0v) is 11.6. The SMILES string of the molecule is Nc1cc(NCc2ccc(Br)cc2)cc([N+](=O)[O-])c1. The van der Waals surface area contributed by atoms with Crippen LogP contribution >= 0.6 is 15.9 Å². The first-order chi connectivity index (χ1) is 9.04. The number of nitro groups is 1. The van der Waals surface area contributed by atoms with Crippen LogP contribution in [-0.2, 0) is 6.54 Å². The van der Waals surface area contributed by atoms with E-state index in [4.69, 9.17) is 5.73 Å². The Balaban J connectivity index is 2.11. The molecule has 0 unspecified atom stereocenters. The molecule has 0 amide bonds. The molecule has 0 bridgehead atoms. The van der Waals surface area contributed by atoms with Gasteiger partial charge in [0.25, 0.3) is 5.69 Å². The molecule has 98 valence electrons. The lowest BCUT2D eigenvalue weighted by Crippen LogP contribution is -2.01. The van der Waals surface area contributed by atoms with Gasteiger partial charge in [-0.3, -0.25) is 10.1 Å². The molecular weight excluding hydrogens is 310 g/mol. The molecule has 0 spiro atoms. The summed E-state index contributed by atoms with van der Waals surface area (Å²) in [5.41, 5.74) is 7.70. The Kier molecular flexibility index (Phi) is 4.01. The Bertz CT molecular complexity index is 599. The summed E-state index contributed by atoms with van der Waals surface area (Å²) < 4.78 is 1.01. The Labute approximate surface area is 118 Å². The highest BCUT2D eigenvalue weighted by Gasteiger charge is 2.08. The van der Waals surface area contributed by atoms with Gasteiger partial charge in [0.2, 0.25) is 0 Å². The van der Waals surface area contributed by atoms with Crippen LogP contribution in [0, 0.1) is 10.1 Å². The van der Waals surface area contributed by atoms with Crippen molar-refractivity contribution < 1.29 is 4.92 Å². The molecule has 0 atom stereocenters. The minimum Gasteiger partial charge on any atom is -0.398 e. The second-order valence-electron chi connectivity index (χ2n) is 4.05. The Hall–Kier alpha value is -2.08. The standard InChI is InChI=1S/C13H12BrN3O2/c14-10-3-1-9(2-4-10)8-16-12-5-11(15)6-13(7-12)17(18)19/h1-7,16H,8,15H2. The molecule has 3 N–H and O–H groups in total. The van der Waals surface area contributed by atoms with Crippen molar-refractivity contribution in [3.63, 3.8) is 0 Å². The number of anilines is 2. The summed E-state index contributed by atoms with van der Waals surface area (Å²) in [5, 5.41) is 13.9. The molecule has 5 nitrogen and oxygen atoms in total. The van der Waals surface area contributed by atoms with Crippen LogP contribution in [0.4, 0.5) is 17.1 Å². The van der Waals surface area contributed by atoms with Crippen molar-refractivity contribution in [1.29, 1.82) is 0 Å². The van der Waals surface area contributed by atoms with Gasteiger partial charge in [-0.2, -0.15) is 0 Å². The van der Waals surface area contributed by atoms with Crippen molar-refractivity contribution >= 4 is 33.0 Å². The third-order valence-electron chi connectivity index (χ3n) is 2.56. The highest BCUT2D eigenvalue weighted by atomic mass is 79.9. The van der Waals surface area contributed by atoms with Crippen molar-refractivity contribution in [3.8, 4) is 0 Å². The fourth-order valence-electron chi connectivity index (χ4n) is 1.65. The molecule has 0 aliphatic rings. The van der Waals surface area contributed by atoms with Crippen LogP contribution in [0.3, 0.4) is 0 Å². The summed E-state index contributed by atoms with van der Waals surface area (Å²) in [5.74, 6) is 0. The Morgan fingerprint density at radius 3 is 2.53 bits per heavy atom. The molecule has 0 heterocycles. The molecular formula is C13H12BrN3O2. The quantitative estimate of drug-likeness (QED) is 0.512. The number of nitrogens with zero attached hydrogens (tertiary/aromatic N) is 1. The highest BCUT2D eigenvalue weighted by molar-refractivity contribution is 9.10. The monoisotopic (exact) mass is 321 g/mol. The molecule has 6 heteroatoms. The van der Waals surface area contributed by atoms with Crippen LogP contribution in [0.5, 0.6) is 0 Å². The maximum atomic E-state index is 10.7. The van der Waals surface area contributed by atoms with E-state index in [1.165, 1.54) is 12.1 Å². The summed E-state index contributed by atoms with van der Waals surface area (Å²) in [6.45, 7) is 0.577. The van der Waals surface area contributed by atoms with Gasteiger partial charge < -0.3 is 11.1 Å². The predicted molar refractivity (Wildman–Crippen MR) is 79.0 cm³/mol. The summed E-state index contributed by atoms with van der Waals surface area (Å²) in [6.07, 6.45) is 0. The Morgan fingerprint density at radius 1 is 1.21 bits per heavy atom. The lowest BCUT2D eigenvalue weighted by molar-refractivity contribution is -0.384. The number of nitro benzene ring substituents is 1. The average Bonchev–Trinajstić information content (AvgIpc) is 2.37. The summed E-state index contributed by atoms with van der Waals surface area (Å²) in [4.78, 5) is 10.3. The molecule has 19 heavy (non-hydrogen) atoms. The number of hydrogen-bond acceptors (Lipinski definition) is 4. The van der Waals surface area contributed by atoms with Crippen LogP contribution < -0.4 is 11.1 Å². The predicted octanol–water partition coefficient (Wildman–Crippen LogP) is 3.55. The second-order valence-corrected chi connectivity index (χ2v) is 4.97. The van der Waals surface area contributed by atoms with Gasteiger partial charge >= 0.3 is 0 Å². The number of nitrogens with one attached hydrogen (secondary N) is 1. The first-order valence-electron chi connectivity index (χ1n) is 5.58. The number of halogens is 1. The van der Waals surface area contributed by atoms with Gasteiger partial charge in [0.1, 0.15) is 0 Å². The maximum absolute atomic E-state index is 10.7. The van der Waals surface area contributed by atoms with E-state index in [-0.39, 0.29) is 5.69 Å². The minimum atomic E-state index is -0.457. The van der Waals surface area contributed by atoms with Gasteiger partial charge in [-0.1, -0.05) is 28.1 Å². The van der Waals surface area contributed by atoms with Gasteiger partial charge in [0.05, 0.1) is 4.92 Å². The lowest BCUT2D eigenvalue weighted by Gasteiger charge is -2.07. The number of benzene rings is 2. The topological polar surface area (TPSA) is 81.2 Å². The van der Waals surface area contributed by atoms with Gasteiger partial charge in [-0.15, -0.1) is 0 Å². The van der Waals surface area contributed by atoms with E-state index >= 15 is 0 Å². The first kappa shape index (κ1) is 13.4. The summed E-state index contributed by atoms with van der Waals surface area (Å²) in [6, 6.07) is 12.3. The average molecular weight is 322 g/mol. The van der Waals surface area contributed by atoms with E-state index < -0.39 is 4.92 Å². The van der Waals surface area contributed by atoms with E-state index in [1.54, 1.807) is 6.07 Å². The van der Waals surface area contributed by atoms with Gasteiger partial charge in [0, 0.05) is 34.5 Å². The van der Waals surface area contributed by atoms with Gasteiger partial charge in [-0.25, -0.2) is 0 Å². The molecule has 0 aromatic heterocycles. The van der Waals surface area contributed by atoms with Crippen molar-refractivity contribution in [2.45, 2.75) is 6.54 Å². The molecule has 0 radical (unpaired) electrons. The molecule has 2 rings (SSSR count). The maximum Gasteiger partial charge on any atom is 0.273 e. The fraction of sp³-hybridized carbons (Fsp3) is 0.0769. The summed E-state index contributed by atoms with van der Waals surface area (Å²) >= 11 is 3.36. The largest absolute Gasteiger partial charge is 0.398 e. The van der Waals surface area contributed by atoms with Crippen LogP contribution in [0.1, 0.15) is 5.56 Å². The van der Waals surface area contributed by atoms with E-state index in [0.29, 0.717) is 17.9 Å². The fourth-order valence-corrected chi connectivity index (χ4v) is 1.91. The van der Waals surface area contributed by atoms with E-state index in [0.717, 1.165) is 10.0 Å². The van der Waals surface area contributed by atoms with Crippen LogP contribution in [0.25, 0.3) is 0 Å². The third-order valence-corrected chi connectivity index (χ3v) is 3.09. The minimum absolute atomic E-state index is 0.0155. The second kappa shape index (κ2) is 5.71. The van der Waals surface area contributed by atoms with Crippen molar-refractivity contribution in [3.05, 3.63) is 62.6 Å². The number of nitrogens with two attached hydrogens (primary N) is 1. The van der Waals surface area contributed by atoms with Crippen LogP contribution in [0.15, 0.2) is 46.9 Å². The molecule has 0 fully saturated rings. The summed E-state index contributed by atoms with van der Waals surface area (Å²) in [7, 11) is 0. The molecule has 2 aromatic carbocycles. The zero-order valence-electron chi connectivity index (χ0n) is 9.97. The first-order valence-corrected chi connectivity index (χ1v) is 6.37. The number of rotatable bonds is 4. The van der Waals surface area contributed by atoms with Crippen LogP contribution in [0.2, 0.25) is 0 Å². The molecule has 2 aromatic rings.